The van der Waals surface area contributed by atoms with Crippen LogP contribution in [0.15, 0.2) is 6.07 Å². The van der Waals surface area contributed by atoms with Crippen molar-refractivity contribution in [3.63, 3.8) is 0 Å². The summed E-state index contributed by atoms with van der Waals surface area (Å²) in [5.74, 6) is 1.56. The van der Waals surface area contributed by atoms with Crippen LogP contribution in [0.5, 0.6) is 0 Å². The van der Waals surface area contributed by atoms with Gasteiger partial charge in [0.1, 0.15) is 10.7 Å². The Hall–Kier alpha value is -1.23. The van der Waals surface area contributed by atoms with Crippen molar-refractivity contribution in [2.45, 2.75) is 33.1 Å². The zero-order valence-electron chi connectivity index (χ0n) is 11.0. The lowest BCUT2D eigenvalue weighted by atomic mass is 10.0. The molecule has 0 radical (unpaired) electrons. The molecule has 0 spiro atoms. The lowest BCUT2D eigenvalue weighted by Crippen LogP contribution is -2.27. The molecule has 1 fully saturated rings. The first-order chi connectivity index (χ1) is 8.56. The minimum absolute atomic E-state index is 0.338. The Bertz CT molecular complexity index is 447. The van der Waals surface area contributed by atoms with Gasteiger partial charge in [-0.3, -0.25) is 0 Å². The fourth-order valence-electron chi connectivity index (χ4n) is 2.28. The first kappa shape index (κ1) is 13.2. The molecule has 1 atom stereocenters. The largest absolute Gasteiger partial charge is 0.388 e. The number of aromatic nitrogens is 2. The smallest absolute Gasteiger partial charge is 0.226 e. The number of hydrogen-bond acceptors (Lipinski definition) is 4. The third-order valence-corrected chi connectivity index (χ3v) is 3.60. The number of hydrogen-bond donors (Lipinski definition) is 1. The summed E-state index contributed by atoms with van der Waals surface area (Å²) in [6.07, 6.45) is 3.67. The van der Waals surface area contributed by atoms with Gasteiger partial charge in [0.05, 0.1) is 0 Å². The summed E-state index contributed by atoms with van der Waals surface area (Å²) in [5, 5.41) is 0. The van der Waals surface area contributed by atoms with Crippen molar-refractivity contribution in [2.75, 3.05) is 18.0 Å². The van der Waals surface area contributed by atoms with Crippen molar-refractivity contribution < 1.29 is 0 Å². The van der Waals surface area contributed by atoms with E-state index in [1.807, 2.05) is 13.0 Å². The first-order valence-corrected chi connectivity index (χ1v) is 6.87. The molecule has 1 saturated heterocycles. The minimum atomic E-state index is 0.338. The molecule has 1 aromatic heterocycles. The predicted octanol–water partition coefficient (Wildman–Crippen LogP) is 2.05. The van der Waals surface area contributed by atoms with Crippen LogP contribution >= 0.6 is 12.2 Å². The van der Waals surface area contributed by atoms with E-state index in [2.05, 4.69) is 21.8 Å². The maximum absolute atomic E-state index is 5.66. The van der Waals surface area contributed by atoms with Crippen LogP contribution in [0.25, 0.3) is 0 Å². The van der Waals surface area contributed by atoms with E-state index in [-0.39, 0.29) is 0 Å². The standard InChI is InChI=1S/C13H20N4S/c1-9-4-3-6-17(7-5-9)13-15-10(2)8-11(16-13)12(14)18/h8-9H,3-7H2,1-2H3,(H2,14,18). The van der Waals surface area contributed by atoms with Gasteiger partial charge in [-0.1, -0.05) is 19.1 Å². The second-order valence-corrected chi connectivity index (χ2v) is 5.52. The molecule has 0 bridgehead atoms. The summed E-state index contributed by atoms with van der Waals surface area (Å²) >= 11 is 5.00. The monoisotopic (exact) mass is 264 g/mol. The Morgan fingerprint density at radius 2 is 2.17 bits per heavy atom. The fraction of sp³-hybridized carbons (Fsp3) is 0.615. The van der Waals surface area contributed by atoms with Crippen molar-refractivity contribution in [3.8, 4) is 0 Å². The molecule has 0 aliphatic carbocycles. The zero-order chi connectivity index (χ0) is 13.1. The van der Waals surface area contributed by atoms with Gasteiger partial charge in [0.25, 0.3) is 0 Å². The lowest BCUT2D eigenvalue weighted by Gasteiger charge is -2.21. The molecule has 1 aliphatic heterocycles. The molecule has 98 valence electrons. The van der Waals surface area contributed by atoms with Gasteiger partial charge in [0, 0.05) is 18.8 Å². The van der Waals surface area contributed by atoms with Gasteiger partial charge in [0.2, 0.25) is 5.95 Å². The van der Waals surface area contributed by atoms with Crippen molar-refractivity contribution >= 4 is 23.2 Å². The van der Waals surface area contributed by atoms with Crippen LogP contribution < -0.4 is 10.6 Å². The molecular weight excluding hydrogens is 244 g/mol. The highest BCUT2D eigenvalue weighted by atomic mass is 32.1. The number of thiocarbonyl (C=S) groups is 1. The normalized spacial score (nSPS) is 20.6. The molecule has 0 saturated carbocycles. The van der Waals surface area contributed by atoms with Gasteiger partial charge in [-0.05, 0) is 38.2 Å². The third-order valence-electron chi connectivity index (χ3n) is 3.39. The summed E-state index contributed by atoms with van der Waals surface area (Å²) in [5.41, 5.74) is 7.24. The number of anilines is 1. The second-order valence-electron chi connectivity index (χ2n) is 5.08. The highest BCUT2D eigenvalue weighted by Crippen LogP contribution is 2.20. The second kappa shape index (κ2) is 5.61. The van der Waals surface area contributed by atoms with Crippen LogP contribution in [0.2, 0.25) is 0 Å². The van der Waals surface area contributed by atoms with E-state index in [0.717, 1.165) is 30.6 Å². The molecule has 5 heteroatoms. The van der Waals surface area contributed by atoms with Gasteiger partial charge >= 0.3 is 0 Å². The molecule has 0 aromatic carbocycles. The van der Waals surface area contributed by atoms with E-state index < -0.39 is 0 Å². The number of rotatable bonds is 2. The predicted molar refractivity (Wildman–Crippen MR) is 77.9 cm³/mol. The van der Waals surface area contributed by atoms with Gasteiger partial charge in [-0.2, -0.15) is 0 Å². The Labute approximate surface area is 114 Å². The van der Waals surface area contributed by atoms with Crippen molar-refractivity contribution in [1.29, 1.82) is 0 Å². The van der Waals surface area contributed by atoms with E-state index in [9.17, 15) is 0 Å². The van der Waals surface area contributed by atoms with Gasteiger partial charge in [-0.25, -0.2) is 9.97 Å². The quantitative estimate of drug-likeness (QED) is 0.829. The van der Waals surface area contributed by atoms with Crippen LogP contribution in [0.3, 0.4) is 0 Å². The summed E-state index contributed by atoms with van der Waals surface area (Å²) in [6, 6.07) is 1.84. The SMILES string of the molecule is Cc1cc(C(N)=S)nc(N2CCCC(C)CC2)n1. The van der Waals surface area contributed by atoms with Crippen LogP contribution in [-0.2, 0) is 0 Å². The van der Waals surface area contributed by atoms with Crippen LogP contribution in [0.1, 0.15) is 37.6 Å². The van der Waals surface area contributed by atoms with Gasteiger partial charge in [0.15, 0.2) is 0 Å². The maximum atomic E-state index is 5.66. The minimum Gasteiger partial charge on any atom is -0.388 e. The molecule has 1 aliphatic rings. The van der Waals surface area contributed by atoms with E-state index in [1.54, 1.807) is 0 Å². The third kappa shape index (κ3) is 3.16. The van der Waals surface area contributed by atoms with E-state index in [1.165, 1.54) is 19.3 Å². The zero-order valence-corrected chi connectivity index (χ0v) is 11.8. The Morgan fingerprint density at radius 3 is 2.89 bits per heavy atom. The van der Waals surface area contributed by atoms with Crippen LogP contribution in [0.4, 0.5) is 5.95 Å². The number of nitrogens with two attached hydrogens (primary N) is 1. The highest BCUT2D eigenvalue weighted by molar-refractivity contribution is 7.80. The summed E-state index contributed by atoms with van der Waals surface area (Å²) in [4.78, 5) is 11.6. The van der Waals surface area contributed by atoms with E-state index >= 15 is 0 Å². The molecule has 2 rings (SSSR count). The molecule has 2 N–H and O–H groups in total. The lowest BCUT2D eigenvalue weighted by molar-refractivity contribution is 0.521. The highest BCUT2D eigenvalue weighted by Gasteiger charge is 2.17. The summed E-state index contributed by atoms with van der Waals surface area (Å²) < 4.78 is 0. The van der Waals surface area contributed by atoms with Crippen LogP contribution in [0, 0.1) is 12.8 Å². The average Bonchev–Trinajstić information content (AvgIpc) is 2.53. The number of nitrogens with zero attached hydrogens (tertiary/aromatic N) is 3. The molecule has 18 heavy (non-hydrogen) atoms. The summed E-state index contributed by atoms with van der Waals surface area (Å²) in [7, 11) is 0. The fourth-order valence-corrected chi connectivity index (χ4v) is 2.39. The van der Waals surface area contributed by atoms with Crippen molar-refractivity contribution in [2.24, 2.45) is 11.7 Å². The topological polar surface area (TPSA) is 55.0 Å². The number of aryl methyl sites for hydroxylation is 1. The first-order valence-electron chi connectivity index (χ1n) is 6.46. The summed E-state index contributed by atoms with van der Waals surface area (Å²) in [6.45, 7) is 6.29. The Balaban J connectivity index is 2.24. The molecule has 1 aromatic rings. The van der Waals surface area contributed by atoms with E-state index in [0.29, 0.717) is 10.7 Å². The van der Waals surface area contributed by atoms with Gasteiger partial charge in [-0.15, -0.1) is 0 Å². The van der Waals surface area contributed by atoms with Gasteiger partial charge < -0.3 is 10.6 Å². The van der Waals surface area contributed by atoms with Crippen LogP contribution in [-0.4, -0.2) is 28.0 Å². The maximum Gasteiger partial charge on any atom is 0.226 e. The molecule has 2 heterocycles. The molecular formula is C13H20N4S. The Morgan fingerprint density at radius 1 is 1.39 bits per heavy atom. The molecule has 1 unspecified atom stereocenters. The average molecular weight is 264 g/mol. The molecule has 4 nitrogen and oxygen atoms in total. The van der Waals surface area contributed by atoms with Crippen molar-refractivity contribution in [3.05, 3.63) is 17.5 Å². The Kier molecular flexibility index (Phi) is 4.11. The van der Waals surface area contributed by atoms with Crippen molar-refractivity contribution in [1.82, 2.24) is 9.97 Å². The molecule has 0 amide bonds. The van der Waals surface area contributed by atoms with E-state index in [4.69, 9.17) is 18.0 Å².